The van der Waals surface area contributed by atoms with Crippen molar-refractivity contribution in [3.63, 3.8) is 0 Å². The van der Waals surface area contributed by atoms with Crippen LogP contribution in [0.15, 0.2) is 42.5 Å². The number of aliphatic carboxylic acids is 1. The number of fused-ring (bicyclic) bond motifs is 2. The van der Waals surface area contributed by atoms with E-state index in [1.807, 2.05) is 42.5 Å². The van der Waals surface area contributed by atoms with Crippen LogP contribution in [0, 0.1) is 23.7 Å². The fraction of sp³-hybridized carbons (Fsp3) is 0.450. The lowest BCUT2D eigenvalue weighted by molar-refractivity contribution is -0.148. The van der Waals surface area contributed by atoms with Gasteiger partial charge >= 0.3 is 5.97 Å². The third kappa shape index (κ3) is 2.79. The van der Waals surface area contributed by atoms with E-state index >= 15 is 0 Å². The molecule has 3 aliphatic rings. The molecule has 1 aromatic carbocycles. The summed E-state index contributed by atoms with van der Waals surface area (Å²) in [5.41, 5.74) is 0.822. The highest BCUT2D eigenvalue weighted by molar-refractivity contribution is 6.00. The van der Waals surface area contributed by atoms with E-state index < -0.39 is 23.8 Å². The van der Waals surface area contributed by atoms with Crippen molar-refractivity contribution in [2.24, 2.45) is 23.7 Å². The maximum absolute atomic E-state index is 12.8. The number of anilines is 1. The number of carboxylic acid groups (broad SMARTS) is 1. The normalized spacial score (nSPS) is 32.7. The zero-order valence-electron chi connectivity index (χ0n) is 14.4. The molecule has 0 spiro atoms. The fourth-order valence-electron chi connectivity index (χ4n) is 4.66. The first kappa shape index (κ1) is 16.8. The molecule has 2 fully saturated rings. The highest BCUT2D eigenvalue weighted by Gasteiger charge is 2.52. The molecule has 6 nitrogen and oxygen atoms in total. The van der Waals surface area contributed by atoms with Gasteiger partial charge in [0.25, 0.3) is 0 Å². The fourth-order valence-corrected chi connectivity index (χ4v) is 4.66. The SMILES string of the molecule is O=C(O)C1C2C=CC(C2)C1C(=O)NC1CCCN(c2ccccc2)C1=O. The van der Waals surface area contributed by atoms with Gasteiger partial charge in [-0.15, -0.1) is 0 Å². The molecule has 1 heterocycles. The highest BCUT2D eigenvalue weighted by atomic mass is 16.4. The van der Waals surface area contributed by atoms with Gasteiger partial charge in [0.2, 0.25) is 11.8 Å². The molecule has 2 N–H and O–H groups in total. The zero-order valence-corrected chi connectivity index (χ0v) is 14.4. The summed E-state index contributed by atoms with van der Waals surface area (Å²) >= 11 is 0. The Morgan fingerprint density at radius 3 is 2.46 bits per heavy atom. The Bertz CT molecular complexity index is 760. The van der Waals surface area contributed by atoms with Crippen LogP contribution in [0.1, 0.15) is 19.3 Å². The third-order valence-corrected chi connectivity index (χ3v) is 5.87. The molecule has 1 aromatic rings. The first-order valence-electron chi connectivity index (χ1n) is 9.14. The molecule has 1 saturated carbocycles. The molecule has 1 saturated heterocycles. The highest BCUT2D eigenvalue weighted by Crippen LogP contribution is 2.48. The van der Waals surface area contributed by atoms with Gasteiger partial charge in [-0.1, -0.05) is 30.4 Å². The number of hydrogen-bond acceptors (Lipinski definition) is 3. The van der Waals surface area contributed by atoms with Gasteiger partial charge in [-0.2, -0.15) is 0 Å². The average molecular weight is 354 g/mol. The topological polar surface area (TPSA) is 86.7 Å². The quantitative estimate of drug-likeness (QED) is 0.808. The number of para-hydroxylation sites is 1. The molecule has 4 rings (SSSR count). The molecule has 5 atom stereocenters. The molecule has 136 valence electrons. The van der Waals surface area contributed by atoms with Crippen LogP contribution in [0.25, 0.3) is 0 Å². The van der Waals surface area contributed by atoms with Gasteiger partial charge in [0, 0.05) is 12.2 Å². The van der Waals surface area contributed by atoms with E-state index in [9.17, 15) is 19.5 Å². The van der Waals surface area contributed by atoms with E-state index in [2.05, 4.69) is 5.32 Å². The molecule has 2 amide bonds. The number of piperidine rings is 1. The third-order valence-electron chi connectivity index (χ3n) is 5.87. The van der Waals surface area contributed by atoms with Crippen LogP contribution in [0.3, 0.4) is 0 Å². The number of carbonyl (C=O) groups excluding carboxylic acids is 2. The number of rotatable bonds is 4. The molecule has 2 aliphatic carbocycles. The Labute approximate surface area is 151 Å². The average Bonchev–Trinajstić information content (AvgIpc) is 3.25. The number of hydrogen-bond donors (Lipinski definition) is 2. The largest absolute Gasteiger partial charge is 0.481 e. The molecule has 5 unspecified atom stereocenters. The zero-order chi connectivity index (χ0) is 18.3. The summed E-state index contributed by atoms with van der Waals surface area (Å²) in [7, 11) is 0. The van der Waals surface area contributed by atoms with Gasteiger partial charge in [-0.05, 0) is 43.2 Å². The molecule has 0 aromatic heterocycles. The van der Waals surface area contributed by atoms with E-state index in [1.54, 1.807) is 4.90 Å². The van der Waals surface area contributed by atoms with Gasteiger partial charge in [-0.3, -0.25) is 14.4 Å². The predicted molar refractivity (Wildman–Crippen MR) is 95.3 cm³/mol. The minimum absolute atomic E-state index is 0.0370. The summed E-state index contributed by atoms with van der Waals surface area (Å²) in [4.78, 5) is 39.0. The van der Waals surface area contributed by atoms with Crippen LogP contribution in [0.5, 0.6) is 0 Å². The van der Waals surface area contributed by atoms with Crippen molar-refractivity contribution >= 4 is 23.5 Å². The van der Waals surface area contributed by atoms with Crippen LogP contribution in [-0.4, -0.2) is 35.5 Å². The van der Waals surface area contributed by atoms with Gasteiger partial charge in [-0.25, -0.2) is 0 Å². The van der Waals surface area contributed by atoms with E-state index in [0.717, 1.165) is 12.1 Å². The molecule has 1 aliphatic heterocycles. The molecule has 2 bridgehead atoms. The maximum Gasteiger partial charge on any atom is 0.307 e. The summed E-state index contributed by atoms with van der Waals surface area (Å²) in [6, 6.07) is 8.82. The number of carbonyl (C=O) groups is 3. The number of allylic oxidation sites excluding steroid dienone is 2. The molecule has 26 heavy (non-hydrogen) atoms. The van der Waals surface area contributed by atoms with Crippen molar-refractivity contribution in [3.8, 4) is 0 Å². The van der Waals surface area contributed by atoms with Crippen LogP contribution in [-0.2, 0) is 14.4 Å². The van der Waals surface area contributed by atoms with Gasteiger partial charge in [0.15, 0.2) is 0 Å². The summed E-state index contributed by atoms with van der Waals surface area (Å²) < 4.78 is 0. The number of carboxylic acids is 1. The van der Waals surface area contributed by atoms with Crippen molar-refractivity contribution in [3.05, 3.63) is 42.5 Å². The Morgan fingerprint density at radius 1 is 1.08 bits per heavy atom. The summed E-state index contributed by atoms with van der Waals surface area (Å²) in [5.74, 6) is -2.73. The first-order valence-corrected chi connectivity index (χ1v) is 9.14. The summed E-state index contributed by atoms with van der Waals surface area (Å²) in [6.07, 6.45) is 5.96. The number of amides is 2. The minimum atomic E-state index is -0.928. The lowest BCUT2D eigenvalue weighted by Gasteiger charge is -2.34. The Hall–Kier alpha value is -2.63. The standard InChI is InChI=1S/C20H22N2O4/c23-18(16-12-8-9-13(11-12)17(16)20(25)26)21-15-7-4-10-22(19(15)24)14-5-2-1-3-6-14/h1-3,5-6,8-9,12-13,15-17H,4,7,10-11H2,(H,21,23)(H,25,26). The second-order valence-corrected chi connectivity index (χ2v) is 7.37. The summed E-state index contributed by atoms with van der Waals surface area (Å²) in [5, 5.41) is 12.4. The van der Waals surface area contributed by atoms with E-state index in [4.69, 9.17) is 0 Å². The van der Waals surface area contributed by atoms with E-state index in [1.165, 1.54) is 0 Å². The minimum Gasteiger partial charge on any atom is -0.481 e. The first-order chi connectivity index (χ1) is 12.6. The lowest BCUT2D eigenvalue weighted by atomic mass is 9.82. The Balaban J connectivity index is 1.48. The molecular weight excluding hydrogens is 332 g/mol. The second kappa shape index (κ2) is 6.59. The van der Waals surface area contributed by atoms with Crippen LogP contribution in [0.4, 0.5) is 5.69 Å². The van der Waals surface area contributed by atoms with Gasteiger partial charge in [0.05, 0.1) is 11.8 Å². The van der Waals surface area contributed by atoms with Gasteiger partial charge in [0.1, 0.15) is 6.04 Å². The van der Waals surface area contributed by atoms with Crippen LogP contribution in [0.2, 0.25) is 0 Å². The molecule has 6 heteroatoms. The van der Waals surface area contributed by atoms with Crippen LogP contribution >= 0.6 is 0 Å². The maximum atomic E-state index is 12.8. The smallest absolute Gasteiger partial charge is 0.307 e. The lowest BCUT2D eigenvalue weighted by Crippen LogP contribution is -2.54. The van der Waals surface area contributed by atoms with Crippen molar-refractivity contribution in [1.29, 1.82) is 0 Å². The van der Waals surface area contributed by atoms with Gasteiger partial charge < -0.3 is 15.3 Å². The molecule has 0 radical (unpaired) electrons. The van der Waals surface area contributed by atoms with Crippen molar-refractivity contribution in [2.45, 2.75) is 25.3 Å². The van der Waals surface area contributed by atoms with Crippen molar-refractivity contribution < 1.29 is 19.5 Å². The predicted octanol–water partition coefficient (Wildman–Crippen LogP) is 1.82. The number of nitrogens with one attached hydrogen (secondary N) is 1. The number of nitrogens with zero attached hydrogens (tertiary/aromatic N) is 1. The Morgan fingerprint density at radius 2 is 1.77 bits per heavy atom. The molecular formula is C20H22N2O4. The van der Waals surface area contributed by atoms with Crippen LogP contribution < -0.4 is 10.2 Å². The Kier molecular flexibility index (Phi) is 4.26. The van der Waals surface area contributed by atoms with E-state index in [0.29, 0.717) is 19.4 Å². The van der Waals surface area contributed by atoms with Crippen molar-refractivity contribution in [1.82, 2.24) is 5.32 Å². The van der Waals surface area contributed by atoms with E-state index in [-0.39, 0.29) is 23.7 Å². The summed E-state index contributed by atoms with van der Waals surface area (Å²) in [6.45, 7) is 0.629. The monoisotopic (exact) mass is 354 g/mol. The number of benzene rings is 1. The second-order valence-electron chi connectivity index (χ2n) is 7.37. The van der Waals surface area contributed by atoms with Crippen molar-refractivity contribution in [2.75, 3.05) is 11.4 Å².